The van der Waals surface area contributed by atoms with Crippen LogP contribution in [-0.2, 0) is 22.4 Å². The van der Waals surface area contributed by atoms with E-state index in [0.29, 0.717) is 5.49 Å². The van der Waals surface area contributed by atoms with Crippen LogP contribution in [0.1, 0.15) is 25.0 Å². The van der Waals surface area contributed by atoms with E-state index in [1.807, 2.05) is 0 Å². The molecule has 0 aliphatic heterocycles. The van der Waals surface area contributed by atoms with E-state index in [0.717, 1.165) is 25.9 Å². The lowest BCUT2D eigenvalue weighted by molar-refractivity contribution is -0.122. The van der Waals surface area contributed by atoms with Gasteiger partial charge in [-0.05, 0) is 77.6 Å². The SMILES string of the molecule is CC(=O)N[C@@H](C)C(=O)SCP(c1ccc(CCN(C)C)cc1)c1ccc(CCN(C)C)cc1. The smallest absolute Gasteiger partial charge is 0.217 e. The van der Waals surface area contributed by atoms with E-state index in [1.165, 1.54) is 40.4 Å². The lowest BCUT2D eigenvalue weighted by Crippen LogP contribution is -2.35. The van der Waals surface area contributed by atoms with Crippen molar-refractivity contribution in [2.45, 2.75) is 32.7 Å². The molecule has 0 aliphatic carbocycles. The Morgan fingerprint density at radius 3 is 1.64 bits per heavy atom. The summed E-state index contributed by atoms with van der Waals surface area (Å²) < 4.78 is 0. The molecular formula is C26H38N3O2PS. The number of likely N-dealkylation sites (N-methyl/N-ethyl adjacent to an activating group) is 2. The molecule has 2 aromatic rings. The minimum absolute atomic E-state index is 0.00269. The highest BCUT2D eigenvalue weighted by atomic mass is 32.2. The van der Waals surface area contributed by atoms with E-state index in [9.17, 15) is 9.59 Å². The highest BCUT2D eigenvalue weighted by molar-refractivity contribution is 8.18. The van der Waals surface area contributed by atoms with Crippen LogP contribution in [0.15, 0.2) is 48.5 Å². The monoisotopic (exact) mass is 487 g/mol. The van der Waals surface area contributed by atoms with Crippen LogP contribution in [0.3, 0.4) is 0 Å². The number of nitrogens with zero attached hydrogens (tertiary/aromatic N) is 2. The molecule has 5 nitrogen and oxygen atoms in total. The first-order valence-electron chi connectivity index (χ1n) is 11.3. The van der Waals surface area contributed by atoms with Crippen molar-refractivity contribution in [3.05, 3.63) is 59.7 Å². The Hall–Kier alpha value is -1.72. The number of benzene rings is 2. The molecule has 0 radical (unpaired) electrons. The summed E-state index contributed by atoms with van der Waals surface area (Å²) in [6.07, 6.45) is 2.04. The lowest BCUT2D eigenvalue weighted by Gasteiger charge is -2.20. The second-order valence-corrected chi connectivity index (χ2v) is 12.5. The number of carbonyl (C=O) groups is 2. The zero-order valence-corrected chi connectivity index (χ0v) is 22.5. The van der Waals surface area contributed by atoms with Crippen LogP contribution in [0.2, 0.25) is 0 Å². The molecule has 180 valence electrons. The van der Waals surface area contributed by atoms with Gasteiger partial charge in [0.2, 0.25) is 11.0 Å². The van der Waals surface area contributed by atoms with Gasteiger partial charge in [-0.3, -0.25) is 9.59 Å². The van der Waals surface area contributed by atoms with Gasteiger partial charge in [-0.15, -0.1) is 0 Å². The van der Waals surface area contributed by atoms with Crippen molar-refractivity contribution in [3.8, 4) is 0 Å². The Balaban J connectivity index is 2.19. The zero-order chi connectivity index (χ0) is 24.4. The summed E-state index contributed by atoms with van der Waals surface area (Å²) in [6, 6.07) is 17.3. The molecule has 0 unspecified atom stereocenters. The zero-order valence-electron chi connectivity index (χ0n) is 20.8. The molecule has 1 amide bonds. The van der Waals surface area contributed by atoms with E-state index >= 15 is 0 Å². The van der Waals surface area contributed by atoms with Crippen LogP contribution >= 0.6 is 19.7 Å². The molecule has 0 fully saturated rings. The van der Waals surface area contributed by atoms with Gasteiger partial charge in [0, 0.05) is 25.5 Å². The summed E-state index contributed by atoms with van der Waals surface area (Å²) in [5, 5.41) is 5.24. The molecule has 2 aromatic carbocycles. The second-order valence-electron chi connectivity index (χ2n) is 8.88. The molecule has 2 rings (SSSR count). The third kappa shape index (κ3) is 9.97. The van der Waals surface area contributed by atoms with Crippen molar-refractivity contribution in [2.24, 2.45) is 0 Å². The van der Waals surface area contributed by atoms with Gasteiger partial charge in [-0.25, -0.2) is 0 Å². The quantitative estimate of drug-likeness (QED) is 0.467. The van der Waals surface area contributed by atoms with Gasteiger partial charge in [0.15, 0.2) is 0 Å². The average Bonchev–Trinajstić information content (AvgIpc) is 2.77. The van der Waals surface area contributed by atoms with Gasteiger partial charge < -0.3 is 15.1 Å². The maximum atomic E-state index is 12.6. The van der Waals surface area contributed by atoms with Gasteiger partial charge in [-0.1, -0.05) is 60.3 Å². The molecule has 0 spiro atoms. The third-order valence-corrected chi connectivity index (χ3v) is 9.33. The topological polar surface area (TPSA) is 52.7 Å². The van der Waals surface area contributed by atoms with E-state index in [-0.39, 0.29) is 11.0 Å². The van der Waals surface area contributed by atoms with Gasteiger partial charge in [0.25, 0.3) is 0 Å². The molecule has 0 bridgehead atoms. The van der Waals surface area contributed by atoms with E-state index < -0.39 is 14.0 Å². The fraction of sp³-hybridized carbons (Fsp3) is 0.462. The second kappa shape index (κ2) is 13.9. The number of hydrogen-bond donors (Lipinski definition) is 1. The van der Waals surface area contributed by atoms with Crippen molar-refractivity contribution >= 4 is 41.3 Å². The summed E-state index contributed by atoms with van der Waals surface area (Å²) in [4.78, 5) is 28.3. The summed E-state index contributed by atoms with van der Waals surface area (Å²) in [6.45, 7) is 5.23. The van der Waals surface area contributed by atoms with E-state index in [1.54, 1.807) is 6.92 Å². The molecule has 0 saturated carbocycles. The average molecular weight is 488 g/mol. The Morgan fingerprint density at radius 2 is 1.27 bits per heavy atom. The van der Waals surface area contributed by atoms with Crippen molar-refractivity contribution in [1.82, 2.24) is 15.1 Å². The molecule has 0 heterocycles. The number of thioether (sulfide) groups is 1. The highest BCUT2D eigenvalue weighted by Crippen LogP contribution is 2.38. The molecule has 1 atom stereocenters. The van der Waals surface area contributed by atoms with Gasteiger partial charge in [0.1, 0.15) is 0 Å². The first-order chi connectivity index (χ1) is 15.7. The molecule has 1 N–H and O–H groups in total. The fourth-order valence-electron chi connectivity index (χ4n) is 3.31. The molecule has 0 aliphatic rings. The van der Waals surface area contributed by atoms with Gasteiger partial charge in [0.05, 0.1) is 6.04 Å². The maximum Gasteiger partial charge on any atom is 0.217 e. The first-order valence-corrected chi connectivity index (χ1v) is 13.9. The number of hydrogen-bond acceptors (Lipinski definition) is 5. The minimum atomic E-state index is -0.688. The summed E-state index contributed by atoms with van der Waals surface area (Å²) in [5.41, 5.74) is 3.35. The predicted octanol–water partition coefficient (Wildman–Crippen LogP) is 3.07. The predicted molar refractivity (Wildman–Crippen MR) is 144 cm³/mol. The molecule has 0 saturated heterocycles. The molecule has 33 heavy (non-hydrogen) atoms. The third-order valence-electron chi connectivity index (χ3n) is 5.30. The molecule has 7 heteroatoms. The number of nitrogens with one attached hydrogen (secondary N) is 1. The Morgan fingerprint density at radius 1 is 0.848 bits per heavy atom. The molecular weight excluding hydrogens is 449 g/mol. The van der Waals surface area contributed by atoms with Crippen LogP contribution in [0.25, 0.3) is 0 Å². The Kier molecular flexibility index (Phi) is 11.6. The van der Waals surface area contributed by atoms with E-state index in [2.05, 4.69) is 91.8 Å². The lowest BCUT2D eigenvalue weighted by atomic mass is 10.1. The normalized spacial score (nSPS) is 12.4. The summed E-state index contributed by atoms with van der Waals surface area (Å²) in [5.74, 6) is -0.180. The number of rotatable bonds is 12. The highest BCUT2D eigenvalue weighted by Gasteiger charge is 2.20. The van der Waals surface area contributed by atoms with Crippen molar-refractivity contribution < 1.29 is 9.59 Å². The van der Waals surface area contributed by atoms with Crippen molar-refractivity contribution in [3.63, 3.8) is 0 Å². The minimum Gasteiger partial charge on any atom is -0.346 e. The maximum absolute atomic E-state index is 12.6. The fourth-order valence-corrected chi connectivity index (χ4v) is 7.15. The number of amides is 1. The summed E-state index contributed by atoms with van der Waals surface area (Å²) >= 11 is 1.32. The van der Waals surface area contributed by atoms with Crippen LogP contribution < -0.4 is 15.9 Å². The van der Waals surface area contributed by atoms with Crippen LogP contribution in [0.5, 0.6) is 0 Å². The van der Waals surface area contributed by atoms with Gasteiger partial charge >= 0.3 is 0 Å². The summed E-state index contributed by atoms with van der Waals surface area (Å²) in [7, 11) is 7.67. The van der Waals surface area contributed by atoms with E-state index in [4.69, 9.17) is 0 Å². The Labute approximate surface area is 205 Å². The van der Waals surface area contributed by atoms with Crippen molar-refractivity contribution in [2.75, 3.05) is 46.8 Å². The van der Waals surface area contributed by atoms with Crippen molar-refractivity contribution in [1.29, 1.82) is 0 Å². The number of carbonyl (C=O) groups excluding carboxylic acids is 2. The van der Waals surface area contributed by atoms with Crippen LogP contribution in [0.4, 0.5) is 0 Å². The largest absolute Gasteiger partial charge is 0.346 e. The first kappa shape index (κ1) is 27.5. The van der Waals surface area contributed by atoms with Gasteiger partial charge in [-0.2, -0.15) is 0 Å². The van der Waals surface area contributed by atoms with Crippen LogP contribution in [-0.4, -0.2) is 73.6 Å². The van der Waals surface area contributed by atoms with Crippen LogP contribution in [0, 0.1) is 0 Å². The Bertz CT molecular complexity index is 830. The standard InChI is InChI=1S/C26H38N3O2PS/c1-20(27-21(2)30)26(31)33-19-32(24-11-7-22(8-12-24)15-17-28(3)4)25-13-9-23(10-14-25)16-18-29(5)6/h7-14,20H,15-19H2,1-6H3,(H,27,30)/t20-/m0/s1. The molecule has 0 aromatic heterocycles.